The maximum Gasteiger partial charge on any atom is 0.351 e. The van der Waals surface area contributed by atoms with Gasteiger partial charge >= 0.3 is 5.92 Å². The average molecular weight is 606 g/mol. The summed E-state index contributed by atoms with van der Waals surface area (Å²) in [4.78, 5) is 40.3. The highest BCUT2D eigenvalue weighted by Gasteiger charge is 2.51. The van der Waals surface area contributed by atoms with Gasteiger partial charge in [0.25, 0.3) is 5.91 Å². The molecule has 1 fully saturated rings. The lowest BCUT2D eigenvalue weighted by Crippen LogP contribution is -2.60. The first-order chi connectivity index (χ1) is 19.3. The minimum absolute atomic E-state index is 0.0974. The molecule has 4 atom stereocenters. The van der Waals surface area contributed by atoms with Gasteiger partial charge in [-0.2, -0.15) is 8.78 Å². The molecule has 0 saturated carbocycles. The Morgan fingerprint density at radius 3 is 2.24 bits per heavy atom. The molecular formula is C26H41F2N5O7S. The Labute approximate surface area is 241 Å². The number of benzene rings is 1. The third-order valence-electron chi connectivity index (χ3n) is 6.71. The van der Waals surface area contributed by atoms with E-state index in [0.717, 1.165) is 0 Å². The number of hydrogen-bond acceptors (Lipinski definition) is 9. The number of nitrogens with two attached hydrogens (primary N) is 1. The highest BCUT2D eigenvalue weighted by atomic mass is 32.2. The molecule has 12 nitrogen and oxygen atoms in total. The van der Waals surface area contributed by atoms with Crippen molar-refractivity contribution < 1.29 is 42.0 Å². The molecule has 232 valence electrons. The number of hydrogen-bond donors (Lipinski definition) is 5. The Bertz CT molecular complexity index is 1040. The first kappa shape index (κ1) is 34.5. The minimum atomic E-state index is -4.24. The van der Waals surface area contributed by atoms with Crippen molar-refractivity contribution in [3.05, 3.63) is 29.8 Å². The fraction of sp³-hybridized carbons (Fsp3) is 0.654. The van der Waals surface area contributed by atoms with E-state index in [9.17, 15) is 23.7 Å². The van der Waals surface area contributed by atoms with Crippen molar-refractivity contribution in [1.29, 1.82) is 0 Å². The third kappa shape index (κ3) is 9.95. The standard InChI is InChI=1S/C26H41F2N5O7S/c1-16(2)20(22(34)26(27,28)25(37)30-9-10-33-11-13-41(38)14-12-33)31-24(36)21(32-23(35)19(29)15-39-3)17-5-7-18(40-4)8-6-17/h5-8,16,19-22,34H,9-15,29H2,1-4H3,(H,30,37)(H,31,36)(H,32,35)/t19-,20-,21?,22?/m0/s1. The zero-order valence-corrected chi connectivity index (χ0v) is 24.5. The van der Waals surface area contributed by atoms with E-state index in [0.29, 0.717) is 35.9 Å². The van der Waals surface area contributed by atoms with Gasteiger partial charge in [0.05, 0.1) is 19.8 Å². The first-order valence-corrected chi connectivity index (χ1v) is 14.7. The van der Waals surface area contributed by atoms with E-state index in [1.807, 2.05) is 4.90 Å². The number of ether oxygens (including phenoxy) is 2. The number of alkyl halides is 2. The van der Waals surface area contributed by atoms with E-state index < -0.39 is 64.6 Å². The van der Waals surface area contributed by atoms with Gasteiger partial charge in [0.1, 0.15) is 23.9 Å². The van der Waals surface area contributed by atoms with Crippen LogP contribution in [0.2, 0.25) is 0 Å². The number of carbonyl (C=O) groups excluding carboxylic acids is 3. The van der Waals surface area contributed by atoms with Crippen molar-refractivity contribution in [1.82, 2.24) is 20.9 Å². The van der Waals surface area contributed by atoms with Crippen molar-refractivity contribution in [2.24, 2.45) is 11.7 Å². The second kappa shape index (κ2) is 16.1. The summed E-state index contributed by atoms with van der Waals surface area (Å²) in [6.45, 7) is 4.12. The number of halogens is 2. The van der Waals surface area contributed by atoms with Crippen LogP contribution in [-0.2, 0) is 29.9 Å². The van der Waals surface area contributed by atoms with E-state index in [1.165, 1.54) is 40.2 Å². The van der Waals surface area contributed by atoms with E-state index in [1.54, 1.807) is 12.1 Å². The maximum absolute atomic E-state index is 15.1. The smallest absolute Gasteiger partial charge is 0.351 e. The lowest BCUT2D eigenvalue weighted by molar-refractivity contribution is -0.169. The number of aliphatic hydroxyl groups is 1. The number of rotatable bonds is 15. The van der Waals surface area contributed by atoms with Gasteiger partial charge in [0.15, 0.2) is 0 Å². The van der Waals surface area contributed by atoms with E-state index in [-0.39, 0.29) is 19.7 Å². The monoisotopic (exact) mass is 605 g/mol. The predicted molar refractivity (Wildman–Crippen MR) is 149 cm³/mol. The summed E-state index contributed by atoms with van der Waals surface area (Å²) < 4.78 is 51.7. The molecule has 1 aliphatic rings. The summed E-state index contributed by atoms with van der Waals surface area (Å²) in [6, 6.07) is 2.07. The molecule has 0 aliphatic carbocycles. The molecule has 0 bridgehead atoms. The van der Waals surface area contributed by atoms with Crippen molar-refractivity contribution in [2.45, 2.75) is 44.0 Å². The van der Waals surface area contributed by atoms with Crippen molar-refractivity contribution >= 4 is 28.5 Å². The lowest BCUT2D eigenvalue weighted by Gasteiger charge is -2.33. The molecule has 2 unspecified atom stereocenters. The molecule has 1 aromatic rings. The van der Waals surface area contributed by atoms with Crippen LogP contribution < -0.4 is 26.4 Å². The maximum atomic E-state index is 15.1. The van der Waals surface area contributed by atoms with Crippen LogP contribution in [0.15, 0.2) is 24.3 Å². The zero-order valence-electron chi connectivity index (χ0n) is 23.7. The summed E-state index contributed by atoms with van der Waals surface area (Å²) in [5, 5.41) is 17.7. The van der Waals surface area contributed by atoms with Crippen molar-refractivity contribution in [3.8, 4) is 5.75 Å². The Balaban J connectivity index is 2.15. The first-order valence-electron chi connectivity index (χ1n) is 13.2. The molecule has 41 heavy (non-hydrogen) atoms. The fourth-order valence-electron chi connectivity index (χ4n) is 4.16. The summed E-state index contributed by atoms with van der Waals surface area (Å²) in [5.74, 6) is -6.85. The van der Waals surface area contributed by atoms with Gasteiger partial charge in [0, 0.05) is 55.6 Å². The minimum Gasteiger partial charge on any atom is -0.497 e. The fourth-order valence-corrected chi connectivity index (χ4v) is 5.29. The normalized spacial score (nSPS) is 17.8. The van der Waals surface area contributed by atoms with Crippen LogP contribution in [0.25, 0.3) is 0 Å². The number of carbonyl (C=O) groups is 3. The summed E-state index contributed by atoms with van der Waals surface area (Å²) in [5.41, 5.74) is 6.09. The number of methoxy groups -OCH3 is 2. The van der Waals surface area contributed by atoms with Gasteiger partial charge < -0.3 is 36.3 Å². The molecule has 15 heteroatoms. The number of amides is 3. The molecule has 0 radical (unpaired) electrons. The van der Waals surface area contributed by atoms with Gasteiger partial charge in [-0.1, -0.05) is 26.0 Å². The van der Waals surface area contributed by atoms with Gasteiger partial charge in [-0.05, 0) is 23.6 Å². The largest absolute Gasteiger partial charge is 0.497 e. The quantitative estimate of drug-likeness (QED) is 0.171. The van der Waals surface area contributed by atoms with Gasteiger partial charge in [-0.25, -0.2) is 0 Å². The van der Waals surface area contributed by atoms with Crippen LogP contribution in [0.3, 0.4) is 0 Å². The van der Waals surface area contributed by atoms with Crippen molar-refractivity contribution in [2.75, 3.05) is 58.5 Å². The summed E-state index contributed by atoms with van der Waals surface area (Å²) >= 11 is 0. The second-order valence-electron chi connectivity index (χ2n) is 10.1. The molecule has 6 N–H and O–H groups in total. The van der Waals surface area contributed by atoms with E-state index >= 15 is 8.78 Å². The highest BCUT2D eigenvalue weighted by Crippen LogP contribution is 2.26. The molecule has 2 rings (SSSR count). The van der Waals surface area contributed by atoms with Crippen LogP contribution in [0.4, 0.5) is 8.78 Å². The lowest BCUT2D eigenvalue weighted by atomic mass is 9.93. The second-order valence-corrected chi connectivity index (χ2v) is 11.8. The van der Waals surface area contributed by atoms with Crippen LogP contribution in [-0.4, -0.2) is 115 Å². The van der Waals surface area contributed by atoms with Gasteiger partial charge in [-0.15, -0.1) is 0 Å². The SMILES string of the molecule is COC[C@H](N)C(=O)NC(C(=O)N[C@@H](C(C)C)C(O)C(F)(F)C(=O)NCCN1CCS(=O)CC1)c1ccc(OC)cc1. The number of nitrogens with zero attached hydrogens (tertiary/aromatic N) is 1. The van der Waals surface area contributed by atoms with Crippen LogP contribution >= 0.6 is 0 Å². The Morgan fingerprint density at radius 2 is 1.71 bits per heavy atom. The van der Waals surface area contributed by atoms with Crippen molar-refractivity contribution in [3.63, 3.8) is 0 Å². The molecular weight excluding hydrogens is 564 g/mol. The summed E-state index contributed by atoms with van der Waals surface area (Å²) in [6.07, 6.45) is -2.58. The Morgan fingerprint density at radius 1 is 1.10 bits per heavy atom. The predicted octanol–water partition coefficient (Wildman–Crippen LogP) is -0.856. The van der Waals surface area contributed by atoms with E-state index in [2.05, 4.69) is 16.0 Å². The summed E-state index contributed by atoms with van der Waals surface area (Å²) in [7, 11) is 1.91. The highest BCUT2D eigenvalue weighted by molar-refractivity contribution is 7.85. The molecule has 0 aromatic heterocycles. The molecule has 3 amide bonds. The average Bonchev–Trinajstić information content (AvgIpc) is 2.94. The van der Waals surface area contributed by atoms with E-state index in [4.69, 9.17) is 15.2 Å². The van der Waals surface area contributed by atoms with Crippen LogP contribution in [0.5, 0.6) is 5.75 Å². The number of aliphatic hydroxyl groups excluding tert-OH is 1. The van der Waals surface area contributed by atoms with Gasteiger partial charge in [0.2, 0.25) is 11.8 Å². The number of nitrogens with one attached hydrogen (secondary N) is 3. The van der Waals surface area contributed by atoms with Crippen LogP contribution in [0.1, 0.15) is 25.5 Å². The van der Waals surface area contributed by atoms with Gasteiger partial charge in [-0.3, -0.25) is 23.5 Å². The third-order valence-corrected chi connectivity index (χ3v) is 7.98. The topological polar surface area (TPSA) is 172 Å². The zero-order chi connectivity index (χ0) is 30.7. The molecule has 1 heterocycles. The molecule has 1 aliphatic heterocycles. The Kier molecular flexibility index (Phi) is 13.5. The molecule has 0 spiro atoms. The molecule has 1 aromatic carbocycles. The Hall–Kier alpha value is -2.72. The molecule has 1 saturated heterocycles. The van der Waals surface area contributed by atoms with Crippen LogP contribution in [0, 0.1) is 5.92 Å².